The van der Waals surface area contributed by atoms with E-state index in [1.54, 1.807) is 74.4 Å². The van der Waals surface area contributed by atoms with E-state index in [0.29, 0.717) is 17.8 Å². The summed E-state index contributed by atoms with van der Waals surface area (Å²) in [6, 6.07) is 5.39. The van der Waals surface area contributed by atoms with E-state index in [0.717, 1.165) is 10.6 Å². The van der Waals surface area contributed by atoms with Gasteiger partial charge >= 0.3 is 18.3 Å². The summed E-state index contributed by atoms with van der Waals surface area (Å²) in [5, 5.41) is 5.70. The number of guanidine groups is 1. The molecule has 0 unspecified atom stereocenters. The highest BCUT2D eigenvalue weighted by Crippen LogP contribution is 2.26. The van der Waals surface area contributed by atoms with Crippen LogP contribution in [0.4, 0.5) is 25.8 Å². The number of alkyl carbamates (subject to hydrolysis) is 1. The number of hydrogen-bond acceptors (Lipinski definition) is 8. The van der Waals surface area contributed by atoms with Crippen LogP contribution in [0.5, 0.6) is 0 Å². The number of hydrogen-bond donors (Lipinski definition) is 2. The molecular weight excluding hydrogens is 490 g/mol. The number of rotatable bonds is 5. The van der Waals surface area contributed by atoms with Crippen molar-refractivity contribution >= 4 is 35.6 Å². The predicted octanol–water partition coefficient (Wildman–Crippen LogP) is 5.74. The van der Waals surface area contributed by atoms with Gasteiger partial charge in [-0.15, -0.1) is 0 Å². The number of amides is 3. The van der Waals surface area contributed by atoms with Gasteiger partial charge in [-0.05, 0) is 93.0 Å². The third kappa shape index (κ3) is 12.2. The van der Waals surface area contributed by atoms with Gasteiger partial charge in [0, 0.05) is 32.0 Å². The molecular formula is C27H45N5O6. The standard InChI is InChI=1S/C27H45N5O6/c1-13-28-21(30-22(33)36-25(2,3)4)29-19-14-15-20(31(11)12)18(16-19)17-32(23(34)37-26(5,6)7)24(35)38-27(8,9)10/h14-16H,13,17H2,1-12H3,(H2,28,29,30,33). The van der Waals surface area contributed by atoms with Gasteiger partial charge in [0.05, 0.1) is 6.54 Å². The molecule has 1 rings (SSSR count). The first kappa shape index (κ1) is 32.5. The molecule has 0 radical (unpaired) electrons. The largest absolute Gasteiger partial charge is 0.444 e. The van der Waals surface area contributed by atoms with Crippen LogP contribution < -0.4 is 15.5 Å². The van der Waals surface area contributed by atoms with Crippen molar-refractivity contribution in [1.82, 2.24) is 10.2 Å². The summed E-state index contributed by atoms with van der Waals surface area (Å²) < 4.78 is 16.3. The van der Waals surface area contributed by atoms with Crippen molar-refractivity contribution in [3.05, 3.63) is 23.8 Å². The van der Waals surface area contributed by atoms with Gasteiger partial charge in [-0.25, -0.2) is 19.3 Å². The summed E-state index contributed by atoms with van der Waals surface area (Å²) in [5.74, 6) is 0.196. The van der Waals surface area contributed by atoms with Gasteiger partial charge in [-0.3, -0.25) is 10.3 Å². The maximum Gasteiger partial charge on any atom is 0.420 e. The maximum absolute atomic E-state index is 13.0. The molecule has 0 heterocycles. The van der Waals surface area contributed by atoms with Crippen LogP contribution in [0.3, 0.4) is 0 Å². The lowest BCUT2D eigenvalue weighted by atomic mass is 10.1. The van der Waals surface area contributed by atoms with Crippen LogP contribution in [0.2, 0.25) is 0 Å². The monoisotopic (exact) mass is 535 g/mol. The number of carbonyl (C=O) groups excluding carboxylic acids is 3. The van der Waals surface area contributed by atoms with Crippen LogP contribution in [0.1, 0.15) is 74.8 Å². The van der Waals surface area contributed by atoms with Gasteiger partial charge in [0.25, 0.3) is 0 Å². The molecule has 0 aliphatic heterocycles. The number of nitrogens with one attached hydrogen (secondary N) is 2. The Morgan fingerprint density at radius 1 is 0.842 bits per heavy atom. The molecule has 0 bridgehead atoms. The van der Waals surface area contributed by atoms with Crippen molar-refractivity contribution in [1.29, 1.82) is 0 Å². The van der Waals surface area contributed by atoms with E-state index >= 15 is 0 Å². The van der Waals surface area contributed by atoms with Gasteiger partial charge in [0.15, 0.2) is 0 Å². The Morgan fingerprint density at radius 2 is 1.34 bits per heavy atom. The zero-order chi connectivity index (χ0) is 29.5. The van der Waals surface area contributed by atoms with E-state index < -0.39 is 35.1 Å². The molecule has 0 aliphatic rings. The number of aliphatic imine (C=N–C) groups is 1. The molecule has 0 aromatic heterocycles. The smallest absolute Gasteiger partial charge is 0.420 e. The van der Waals surface area contributed by atoms with E-state index in [9.17, 15) is 14.4 Å². The summed E-state index contributed by atoms with van der Waals surface area (Å²) in [5.41, 5.74) is -0.336. The Hall–Kier alpha value is -3.50. The highest BCUT2D eigenvalue weighted by Gasteiger charge is 2.32. The molecule has 38 heavy (non-hydrogen) atoms. The lowest BCUT2D eigenvalue weighted by Crippen LogP contribution is -2.43. The fourth-order valence-corrected chi connectivity index (χ4v) is 3.04. The summed E-state index contributed by atoms with van der Waals surface area (Å²) in [6.45, 7) is 17.8. The Morgan fingerprint density at radius 3 is 1.76 bits per heavy atom. The van der Waals surface area contributed by atoms with E-state index in [1.807, 2.05) is 32.0 Å². The van der Waals surface area contributed by atoms with E-state index in [2.05, 4.69) is 15.6 Å². The van der Waals surface area contributed by atoms with Crippen molar-refractivity contribution in [2.24, 2.45) is 4.99 Å². The van der Waals surface area contributed by atoms with Gasteiger partial charge in [0.1, 0.15) is 16.8 Å². The van der Waals surface area contributed by atoms with Gasteiger partial charge in [-0.2, -0.15) is 0 Å². The summed E-state index contributed by atoms with van der Waals surface area (Å²) in [4.78, 5) is 45.5. The van der Waals surface area contributed by atoms with Crippen molar-refractivity contribution in [3.8, 4) is 0 Å². The SMILES string of the molecule is CCN=C(NC(=O)OC(C)(C)C)Nc1ccc(N(C)C)c(CN(C(=O)OC(C)(C)C)C(=O)OC(C)(C)C)c1. The minimum absolute atomic E-state index is 0.118. The molecule has 1 aromatic rings. The molecule has 214 valence electrons. The van der Waals surface area contributed by atoms with Crippen LogP contribution in [0, 0.1) is 0 Å². The van der Waals surface area contributed by atoms with Crippen LogP contribution >= 0.6 is 0 Å². The first-order valence-corrected chi connectivity index (χ1v) is 12.6. The molecule has 2 N–H and O–H groups in total. The van der Waals surface area contributed by atoms with Crippen LogP contribution in [-0.2, 0) is 20.8 Å². The average molecular weight is 536 g/mol. The number of carbonyl (C=O) groups is 3. The number of benzene rings is 1. The molecule has 3 amide bonds. The van der Waals surface area contributed by atoms with Gasteiger partial charge in [0.2, 0.25) is 5.96 Å². The number of anilines is 2. The number of imide groups is 1. The minimum atomic E-state index is -0.824. The van der Waals surface area contributed by atoms with Gasteiger partial charge in [-0.1, -0.05) is 0 Å². The molecule has 0 atom stereocenters. The number of nitrogens with zero attached hydrogens (tertiary/aromatic N) is 3. The Labute approximate surface area is 226 Å². The minimum Gasteiger partial charge on any atom is -0.444 e. The fourth-order valence-electron chi connectivity index (χ4n) is 3.04. The third-order valence-electron chi connectivity index (χ3n) is 4.32. The van der Waals surface area contributed by atoms with Crippen molar-refractivity contribution in [2.45, 2.75) is 92.6 Å². The van der Waals surface area contributed by atoms with Crippen molar-refractivity contribution < 1.29 is 28.6 Å². The summed E-state index contributed by atoms with van der Waals surface area (Å²) >= 11 is 0. The topological polar surface area (TPSA) is 122 Å². The molecule has 11 nitrogen and oxygen atoms in total. The Balaban J connectivity index is 3.38. The second-order valence-electron chi connectivity index (χ2n) is 11.9. The first-order valence-electron chi connectivity index (χ1n) is 12.6. The third-order valence-corrected chi connectivity index (χ3v) is 4.32. The summed E-state index contributed by atoms with van der Waals surface area (Å²) in [6.07, 6.45) is -2.30. The van der Waals surface area contributed by atoms with Crippen LogP contribution in [-0.4, -0.2) is 66.6 Å². The fraction of sp³-hybridized carbons (Fsp3) is 0.630. The average Bonchev–Trinajstić information content (AvgIpc) is 2.67. The summed E-state index contributed by atoms with van der Waals surface area (Å²) in [7, 11) is 3.70. The zero-order valence-electron chi connectivity index (χ0n) is 24.9. The Bertz CT molecular complexity index is 988. The quantitative estimate of drug-likeness (QED) is 0.278. The maximum atomic E-state index is 13.0. The Kier molecular flexibility index (Phi) is 11.0. The van der Waals surface area contributed by atoms with E-state index in [-0.39, 0.29) is 12.5 Å². The predicted molar refractivity (Wildman–Crippen MR) is 150 cm³/mol. The van der Waals surface area contributed by atoms with Crippen molar-refractivity contribution in [2.75, 3.05) is 30.9 Å². The highest BCUT2D eigenvalue weighted by molar-refractivity contribution is 6.02. The van der Waals surface area contributed by atoms with Crippen LogP contribution in [0.15, 0.2) is 23.2 Å². The lowest BCUT2D eigenvalue weighted by molar-refractivity contribution is -0.000266. The normalized spacial score (nSPS) is 12.4. The van der Waals surface area contributed by atoms with Crippen molar-refractivity contribution in [3.63, 3.8) is 0 Å². The second kappa shape index (κ2) is 12.8. The first-order chi connectivity index (χ1) is 17.2. The lowest BCUT2D eigenvalue weighted by Gasteiger charge is -2.29. The molecule has 0 spiro atoms. The molecule has 0 saturated heterocycles. The highest BCUT2D eigenvalue weighted by atomic mass is 16.6. The van der Waals surface area contributed by atoms with E-state index in [4.69, 9.17) is 14.2 Å². The van der Waals surface area contributed by atoms with E-state index in [1.165, 1.54) is 0 Å². The molecule has 0 saturated carbocycles. The van der Waals surface area contributed by atoms with Crippen LogP contribution in [0.25, 0.3) is 0 Å². The second-order valence-corrected chi connectivity index (χ2v) is 11.9. The van der Waals surface area contributed by atoms with Gasteiger partial charge < -0.3 is 24.4 Å². The zero-order valence-corrected chi connectivity index (χ0v) is 24.9. The molecule has 1 aromatic carbocycles. The molecule has 0 aliphatic carbocycles. The number of ether oxygens (including phenoxy) is 3. The molecule has 11 heteroatoms. The molecule has 0 fully saturated rings.